The molecule has 0 saturated heterocycles. The number of pyridine rings is 1. The Morgan fingerprint density at radius 1 is 1.47 bits per heavy atom. The monoisotopic (exact) mass is 263 g/mol. The van der Waals surface area contributed by atoms with Crippen LogP contribution < -0.4 is 11.1 Å². The summed E-state index contributed by atoms with van der Waals surface area (Å²) in [7, 11) is 0. The molecule has 4 nitrogen and oxygen atoms in total. The zero-order valence-corrected chi connectivity index (χ0v) is 12.1. The van der Waals surface area contributed by atoms with Crippen LogP contribution in [0.1, 0.15) is 43.9 Å². The summed E-state index contributed by atoms with van der Waals surface area (Å²) >= 11 is 0. The van der Waals surface area contributed by atoms with Gasteiger partial charge >= 0.3 is 0 Å². The summed E-state index contributed by atoms with van der Waals surface area (Å²) in [5.74, 6) is 1.27. The van der Waals surface area contributed by atoms with E-state index in [-0.39, 0.29) is 12.1 Å². The van der Waals surface area contributed by atoms with Gasteiger partial charge in [0.1, 0.15) is 5.82 Å². The van der Waals surface area contributed by atoms with Crippen molar-refractivity contribution >= 4 is 5.82 Å². The molecule has 1 heterocycles. The van der Waals surface area contributed by atoms with E-state index >= 15 is 0 Å². The molecule has 2 rings (SSSR count). The Morgan fingerprint density at radius 3 is 2.79 bits per heavy atom. The molecule has 1 saturated carbocycles. The van der Waals surface area contributed by atoms with Gasteiger partial charge in [-0.3, -0.25) is 0 Å². The molecule has 19 heavy (non-hydrogen) atoms. The topological polar surface area (TPSA) is 60.2 Å². The molecule has 3 N–H and O–H groups in total. The van der Waals surface area contributed by atoms with Crippen LogP contribution in [-0.4, -0.2) is 24.2 Å². The van der Waals surface area contributed by atoms with E-state index in [0.717, 1.165) is 24.3 Å². The number of likely N-dealkylation sites (N-methyl/N-ethyl adjacent to an activating group) is 1. The lowest BCUT2D eigenvalue weighted by atomic mass is 9.97. The van der Waals surface area contributed by atoms with Crippen LogP contribution in [-0.2, 0) is 4.74 Å². The molecule has 0 aromatic carbocycles. The van der Waals surface area contributed by atoms with Crippen molar-refractivity contribution in [1.82, 2.24) is 10.3 Å². The van der Waals surface area contributed by atoms with E-state index in [4.69, 9.17) is 10.5 Å². The second kappa shape index (κ2) is 6.35. The van der Waals surface area contributed by atoms with Crippen LogP contribution in [0, 0.1) is 12.8 Å². The zero-order valence-electron chi connectivity index (χ0n) is 12.1. The SMILES string of the molecule is CCNC(c1cc(C)cnc1N)C(OCC)C1CC1. The maximum absolute atomic E-state index is 6.07. The summed E-state index contributed by atoms with van der Waals surface area (Å²) in [6.45, 7) is 7.85. The van der Waals surface area contributed by atoms with Gasteiger partial charge in [-0.05, 0) is 50.8 Å². The molecule has 4 heteroatoms. The Kier molecular flexibility index (Phi) is 4.77. The van der Waals surface area contributed by atoms with Gasteiger partial charge in [-0.2, -0.15) is 0 Å². The minimum Gasteiger partial charge on any atom is -0.383 e. The minimum absolute atomic E-state index is 0.143. The molecule has 106 valence electrons. The Hall–Kier alpha value is -1.13. The average molecular weight is 263 g/mol. The van der Waals surface area contributed by atoms with E-state index in [0.29, 0.717) is 11.7 Å². The number of nitrogen functional groups attached to an aromatic ring is 1. The molecule has 1 aliphatic carbocycles. The second-order valence-corrected chi connectivity index (χ2v) is 5.28. The van der Waals surface area contributed by atoms with Crippen molar-refractivity contribution in [2.24, 2.45) is 5.92 Å². The Balaban J connectivity index is 2.28. The molecule has 0 spiro atoms. The molecule has 1 aromatic heterocycles. The Labute approximate surface area is 115 Å². The van der Waals surface area contributed by atoms with Gasteiger partial charge in [-0.15, -0.1) is 0 Å². The number of aromatic nitrogens is 1. The van der Waals surface area contributed by atoms with E-state index in [1.807, 2.05) is 13.1 Å². The summed E-state index contributed by atoms with van der Waals surface area (Å²) in [6, 6.07) is 2.27. The first-order valence-corrected chi connectivity index (χ1v) is 7.24. The first-order chi connectivity index (χ1) is 9.17. The normalized spacial score (nSPS) is 18.3. The number of anilines is 1. The fourth-order valence-corrected chi connectivity index (χ4v) is 2.60. The number of ether oxygens (including phenoxy) is 1. The lowest BCUT2D eigenvalue weighted by Crippen LogP contribution is -2.36. The number of rotatable bonds is 7. The fraction of sp³-hybridized carbons (Fsp3) is 0.667. The van der Waals surface area contributed by atoms with Crippen molar-refractivity contribution in [2.75, 3.05) is 18.9 Å². The predicted molar refractivity (Wildman–Crippen MR) is 77.9 cm³/mol. The molecule has 2 atom stereocenters. The molecule has 0 amide bonds. The van der Waals surface area contributed by atoms with Crippen LogP contribution in [0.15, 0.2) is 12.3 Å². The summed E-state index contributed by atoms with van der Waals surface area (Å²) in [4.78, 5) is 4.29. The number of nitrogens with zero attached hydrogens (tertiary/aromatic N) is 1. The van der Waals surface area contributed by atoms with Crippen molar-refractivity contribution < 1.29 is 4.74 Å². The van der Waals surface area contributed by atoms with Crippen LogP contribution in [0.25, 0.3) is 0 Å². The number of aryl methyl sites for hydroxylation is 1. The van der Waals surface area contributed by atoms with Crippen LogP contribution in [0.3, 0.4) is 0 Å². The summed E-state index contributed by atoms with van der Waals surface area (Å²) in [5, 5.41) is 3.53. The third-order valence-corrected chi connectivity index (χ3v) is 3.62. The maximum Gasteiger partial charge on any atom is 0.128 e. The number of nitrogens with one attached hydrogen (secondary N) is 1. The van der Waals surface area contributed by atoms with Gasteiger partial charge in [0.25, 0.3) is 0 Å². The zero-order chi connectivity index (χ0) is 13.8. The van der Waals surface area contributed by atoms with E-state index < -0.39 is 0 Å². The highest BCUT2D eigenvalue weighted by Gasteiger charge is 2.38. The highest BCUT2D eigenvalue weighted by Crippen LogP contribution is 2.41. The van der Waals surface area contributed by atoms with Gasteiger partial charge in [0.15, 0.2) is 0 Å². The summed E-state index contributed by atoms with van der Waals surface area (Å²) < 4.78 is 5.98. The van der Waals surface area contributed by atoms with Gasteiger partial charge < -0.3 is 15.8 Å². The molecule has 0 radical (unpaired) electrons. The van der Waals surface area contributed by atoms with Crippen molar-refractivity contribution in [2.45, 2.75) is 45.8 Å². The first-order valence-electron chi connectivity index (χ1n) is 7.24. The number of hydrogen-bond donors (Lipinski definition) is 2. The van der Waals surface area contributed by atoms with Crippen LogP contribution >= 0.6 is 0 Å². The number of hydrogen-bond acceptors (Lipinski definition) is 4. The lowest BCUT2D eigenvalue weighted by molar-refractivity contribution is 0.0190. The van der Waals surface area contributed by atoms with Gasteiger partial charge in [0.2, 0.25) is 0 Å². The predicted octanol–water partition coefficient (Wildman–Crippen LogP) is 2.44. The van der Waals surface area contributed by atoms with Crippen LogP contribution in [0.2, 0.25) is 0 Å². The Morgan fingerprint density at radius 2 is 2.21 bits per heavy atom. The lowest BCUT2D eigenvalue weighted by Gasteiger charge is -2.29. The van der Waals surface area contributed by atoms with Gasteiger partial charge in [0.05, 0.1) is 12.1 Å². The average Bonchev–Trinajstić information content (AvgIpc) is 3.21. The van der Waals surface area contributed by atoms with Crippen LogP contribution in [0.4, 0.5) is 5.82 Å². The van der Waals surface area contributed by atoms with Crippen molar-refractivity contribution in [1.29, 1.82) is 0 Å². The van der Waals surface area contributed by atoms with Crippen molar-refractivity contribution in [3.63, 3.8) is 0 Å². The van der Waals surface area contributed by atoms with Gasteiger partial charge in [0, 0.05) is 18.4 Å². The molecular formula is C15H25N3O. The van der Waals surface area contributed by atoms with Gasteiger partial charge in [-0.1, -0.05) is 6.92 Å². The van der Waals surface area contributed by atoms with E-state index in [9.17, 15) is 0 Å². The first kappa shape index (κ1) is 14.3. The number of nitrogens with two attached hydrogens (primary N) is 1. The molecule has 0 aliphatic heterocycles. The minimum atomic E-state index is 0.143. The van der Waals surface area contributed by atoms with Gasteiger partial charge in [-0.25, -0.2) is 4.98 Å². The third kappa shape index (κ3) is 3.45. The smallest absolute Gasteiger partial charge is 0.128 e. The van der Waals surface area contributed by atoms with E-state index in [1.165, 1.54) is 12.8 Å². The quantitative estimate of drug-likeness (QED) is 0.793. The van der Waals surface area contributed by atoms with Crippen molar-refractivity contribution in [3.8, 4) is 0 Å². The van der Waals surface area contributed by atoms with E-state index in [1.54, 1.807) is 0 Å². The van der Waals surface area contributed by atoms with Crippen molar-refractivity contribution in [3.05, 3.63) is 23.4 Å². The standard InChI is InChI=1S/C15H25N3O/c1-4-17-13(14(19-5-2)11-6-7-11)12-8-10(3)9-18-15(12)16/h8-9,11,13-14,17H,4-7H2,1-3H3,(H2,16,18). The highest BCUT2D eigenvalue weighted by atomic mass is 16.5. The molecular weight excluding hydrogens is 238 g/mol. The summed E-state index contributed by atoms with van der Waals surface area (Å²) in [5.41, 5.74) is 8.28. The molecule has 0 bridgehead atoms. The molecule has 1 aromatic rings. The summed E-state index contributed by atoms with van der Waals surface area (Å²) in [6.07, 6.45) is 4.53. The van der Waals surface area contributed by atoms with E-state index in [2.05, 4.69) is 30.2 Å². The largest absolute Gasteiger partial charge is 0.383 e. The highest BCUT2D eigenvalue weighted by molar-refractivity contribution is 5.43. The third-order valence-electron chi connectivity index (χ3n) is 3.62. The van der Waals surface area contributed by atoms with Crippen LogP contribution in [0.5, 0.6) is 0 Å². The molecule has 2 unspecified atom stereocenters. The maximum atomic E-state index is 6.07. The molecule has 1 fully saturated rings. The Bertz CT molecular complexity index is 418. The second-order valence-electron chi connectivity index (χ2n) is 5.28. The fourth-order valence-electron chi connectivity index (χ4n) is 2.60. The molecule has 1 aliphatic rings.